The molecule has 0 amide bonds. The van der Waals surface area contributed by atoms with E-state index in [1.807, 2.05) is 33.8 Å². The van der Waals surface area contributed by atoms with Gasteiger partial charge in [0.15, 0.2) is 5.03 Å². The van der Waals surface area contributed by atoms with Gasteiger partial charge in [0.25, 0.3) is 10.0 Å². The quantitative estimate of drug-likeness (QED) is 0.722. The first-order chi connectivity index (χ1) is 13.5. The van der Waals surface area contributed by atoms with E-state index < -0.39 is 20.0 Å². The zero-order valence-electron chi connectivity index (χ0n) is 17.5. The summed E-state index contributed by atoms with van der Waals surface area (Å²) in [5.74, 6) is 0. The number of aryl methyl sites for hydroxylation is 3. The third-order valence-electron chi connectivity index (χ3n) is 5.59. The van der Waals surface area contributed by atoms with Gasteiger partial charge in [-0.15, -0.1) is 0 Å². The molecule has 8 nitrogen and oxygen atoms in total. The number of benzene rings is 1. The van der Waals surface area contributed by atoms with Gasteiger partial charge in [0.05, 0.1) is 11.2 Å². The van der Waals surface area contributed by atoms with Crippen LogP contribution in [0.15, 0.2) is 28.5 Å². The van der Waals surface area contributed by atoms with Crippen LogP contribution < -0.4 is 0 Å². The Bertz CT molecular complexity index is 1110. The van der Waals surface area contributed by atoms with E-state index in [9.17, 15) is 16.8 Å². The minimum absolute atomic E-state index is 0.0164. The van der Waals surface area contributed by atoms with Gasteiger partial charge in [0.1, 0.15) is 0 Å². The zero-order chi connectivity index (χ0) is 21.6. The number of aromatic nitrogens is 2. The smallest absolute Gasteiger partial charge is 0.262 e. The summed E-state index contributed by atoms with van der Waals surface area (Å²) in [5, 5.41) is -0.0164. The van der Waals surface area contributed by atoms with Gasteiger partial charge in [-0.05, 0) is 56.4 Å². The summed E-state index contributed by atoms with van der Waals surface area (Å²) in [6.07, 6.45) is 3.32. The van der Waals surface area contributed by atoms with E-state index in [4.69, 9.17) is 0 Å². The Hall–Kier alpha value is -1.75. The van der Waals surface area contributed by atoms with Gasteiger partial charge in [0.2, 0.25) is 10.0 Å². The second-order valence-corrected chi connectivity index (χ2v) is 11.4. The highest BCUT2D eigenvalue weighted by molar-refractivity contribution is 7.89. The van der Waals surface area contributed by atoms with Crippen LogP contribution in [0.4, 0.5) is 0 Å². The number of rotatable bonds is 4. The van der Waals surface area contributed by atoms with Crippen molar-refractivity contribution in [2.75, 3.05) is 26.2 Å². The van der Waals surface area contributed by atoms with E-state index >= 15 is 0 Å². The van der Waals surface area contributed by atoms with Crippen LogP contribution >= 0.6 is 0 Å². The van der Waals surface area contributed by atoms with E-state index in [1.54, 1.807) is 11.6 Å². The lowest BCUT2D eigenvalue weighted by molar-refractivity contribution is 0.403. The molecule has 1 aliphatic heterocycles. The molecule has 2 aromatic rings. The van der Waals surface area contributed by atoms with Crippen molar-refractivity contribution in [2.24, 2.45) is 7.05 Å². The lowest BCUT2D eigenvalue weighted by Crippen LogP contribution is -2.38. The molecule has 3 rings (SSSR count). The Balaban J connectivity index is 1.90. The SMILES string of the molecule is Cc1cc(C)c(C)c(S(=O)(=O)N2CCCN(S(=O)(=O)c3cn(C)cn3)CC2)c1C. The van der Waals surface area contributed by atoms with Crippen molar-refractivity contribution in [3.63, 3.8) is 0 Å². The molecule has 2 heterocycles. The van der Waals surface area contributed by atoms with E-state index in [0.29, 0.717) is 11.3 Å². The molecule has 0 N–H and O–H groups in total. The van der Waals surface area contributed by atoms with Crippen LogP contribution in [0, 0.1) is 27.7 Å². The number of sulfonamides is 2. The van der Waals surface area contributed by atoms with Gasteiger partial charge in [-0.25, -0.2) is 21.8 Å². The van der Waals surface area contributed by atoms with Crippen molar-refractivity contribution in [1.29, 1.82) is 0 Å². The molecule has 1 aromatic carbocycles. The van der Waals surface area contributed by atoms with E-state index in [2.05, 4.69) is 4.98 Å². The highest BCUT2D eigenvalue weighted by Crippen LogP contribution is 2.29. The average molecular weight is 441 g/mol. The van der Waals surface area contributed by atoms with Gasteiger partial charge >= 0.3 is 0 Å². The number of hydrogen-bond acceptors (Lipinski definition) is 5. The fraction of sp³-hybridized carbons (Fsp3) is 0.526. The van der Waals surface area contributed by atoms with Gasteiger partial charge in [-0.1, -0.05) is 6.07 Å². The first-order valence-electron chi connectivity index (χ1n) is 9.52. The topological polar surface area (TPSA) is 92.6 Å². The lowest BCUT2D eigenvalue weighted by Gasteiger charge is -2.24. The van der Waals surface area contributed by atoms with Crippen LogP contribution in [0.3, 0.4) is 0 Å². The minimum atomic E-state index is -3.75. The molecule has 1 saturated heterocycles. The van der Waals surface area contributed by atoms with Gasteiger partial charge in [-0.3, -0.25) is 0 Å². The van der Waals surface area contributed by atoms with Crippen molar-refractivity contribution < 1.29 is 16.8 Å². The second-order valence-electron chi connectivity index (χ2n) is 7.63. The second kappa shape index (κ2) is 7.82. The summed E-state index contributed by atoms with van der Waals surface area (Å²) in [6.45, 7) is 8.21. The highest BCUT2D eigenvalue weighted by atomic mass is 32.2. The molecule has 0 bridgehead atoms. The molecular formula is C19H28N4O4S2. The van der Waals surface area contributed by atoms with Crippen LogP contribution in [0.2, 0.25) is 0 Å². The fourth-order valence-electron chi connectivity index (χ4n) is 3.70. The van der Waals surface area contributed by atoms with E-state index in [-0.39, 0.29) is 31.2 Å². The van der Waals surface area contributed by atoms with E-state index in [0.717, 1.165) is 22.3 Å². The molecule has 0 unspecified atom stereocenters. The molecule has 1 aromatic heterocycles. The average Bonchev–Trinajstić information content (AvgIpc) is 2.92. The monoisotopic (exact) mass is 440 g/mol. The third-order valence-corrected chi connectivity index (χ3v) is 9.55. The van der Waals surface area contributed by atoms with Crippen LogP contribution in [-0.2, 0) is 27.1 Å². The van der Waals surface area contributed by atoms with Crippen molar-refractivity contribution in [2.45, 2.75) is 44.0 Å². The molecule has 0 radical (unpaired) electrons. The van der Waals surface area contributed by atoms with Crippen LogP contribution in [0.25, 0.3) is 0 Å². The number of imidazole rings is 1. The third kappa shape index (κ3) is 3.98. The molecule has 0 aliphatic carbocycles. The van der Waals surface area contributed by atoms with Crippen LogP contribution in [0.5, 0.6) is 0 Å². The Morgan fingerprint density at radius 1 is 0.828 bits per heavy atom. The maximum absolute atomic E-state index is 13.5. The number of hydrogen-bond donors (Lipinski definition) is 0. The summed E-state index contributed by atoms with van der Waals surface area (Å²) in [7, 11) is -5.77. The Labute approximate surface area is 173 Å². The van der Waals surface area contributed by atoms with Crippen molar-refractivity contribution >= 4 is 20.0 Å². The summed E-state index contributed by atoms with van der Waals surface area (Å²) >= 11 is 0. The molecule has 10 heteroatoms. The number of nitrogens with zero attached hydrogens (tertiary/aromatic N) is 4. The summed E-state index contributed by atoms with van der Waals surface area (Å²) in [6, 6.07) is 1.99. The Morgan fingerprint density at radius 3 is 1.83 bits per heavy atom. The first kappa shape index (κ1) is 21.9. The molecule has 160 valence electrons. The van der Waals surface area contributed by atoms with Crippen molar-refractivity contribution in [3.8, 4) is 0 Å². The molecule has 29 heavy (non-hydrogen) atoms. The molecule has 1 fully saturated rings. The predicted molar refractivity (Wildman–Crippen MR) is 111 cm³/mol. The summed E-state index contributed by atoms with van der Waals surface area (Å²) in [4.78, 5) is 4.30. The lowest BCUT2D eigenvalue weighted by atomic mass is 10.0. The minimum Gasteiger partial charge on any atom is -0.339 e. The highest BCUT2D eigenvalue weighted by Gasteiger charge is 2.34. The van der Waals surface area contributed by atoms with Gasteiger partial charge in [0, 0.05) is 39.4 Å². The van der Waals surface area contributed by atoms with Gasteiger partial charge < -0.3 is 4.57 Å². The molecule has 1 aliphatic rings. The Morgan fingerprint density at radius 2 is 1.34 bits per heavy atom. The maximum atomic E-state index is 13.5. The zero-order valence-corrected chi connectivity index (χ0v) is 19.1. The molecular weight excluding hydrogens is 412 g/mol. The Kier molecular flexibility index (Phi) is 5.92. The summed E-state index contributed by atoms with van der Waals surface area (Å²) < 4.78 is 56.9. The molecule has 0 saturated carbocycles. The standard InChI is InChI=1S/C19H28N4O4S2/c1-14-11-15(2)17(4)19(16(14)3)29(26,27)23-8-6-7-22(9-10-23)28(24,25)18-12-21(5)13-20-18/h11-13H,6-10H2,1-5H3. The fourth-order valence-corrected chi connectivity index (χ4v) is 7.18. The van der Waals surface area contributed by atoms with E-state index in [1.165, 1.54) is 21.1 Å². The van der Waals surface area contributed by atoms with Crippen molar-refractivity contribution in [1.82, 2.24) is 18.2 Å². The first-order valence-corrected chi connectivity index (χ1v) is 12.4. The largest absolute Gasteiger partial charge is 0.339 e. The molecule has 0 spiro atoms. The maximum Gasteiger partial charge on any atom is 0.262 e. The van der Waals surface area contributed by atoms with Crippen LogP contribution in [0.1, 0.15) is 28.7 Å². The van der Waals surface area contributed by atoms with Gasteiger partial charge in [-0.2, -0.15) is 8.61 Å². The predicted octanol–water partition coefficient (Wildman–Crippen LogP) is 1.74. The van der Waals surface area contributed by atoms with Crippen LogP contribution in [-0.4, -0.2) is 61.2 Å². The van der Waals surface area contributed by atoms with Crippen molar-refractivity contribution in [3.05, 3.63) is 40.8 Å². The normalized spacial score (nSPS) is 17.4. The summed E-state index contributed by atoms with van der Waals surface area (Å²) in [5.41, 5.74) is 3.35. The molecule has 0 atom stereocenters.